The second kappa shape index (κ2) is 8.77. The maximum Gasteiger partial charge on any atom is 0.225 e. The van der Waals surface area contributed by atoms with E-state index in [1.54, 1.807) is 0 Å². The molecule has 1 aromatic rings. The molecule has 1 aromatic carbocycles. The number of benzene rings is 1. The second-order valence-corrected chi connectivity index (χ2v) is 8.75. The Morgan fingerprint density at radius 2 is 2.00 bits per heavy atom. The quantitative estimate of drug-likeness (QED) is 0.829. The first-order valence-electron chi connectivity index (χ1n) is 9.20. The van der Waals surface area contributed by atoms with Crippen molar-refractivity contribution in [3.05, 3.63) is 29.8 Å². The summed E-state index contributed by atoms with van der Waals surface area (Å²) in [5, 5.41) is 6.68. The van der Waals surface area contributed by atoms with Gasteiger partial charge in [0.2, 0.25) is 5.91 Å². The van der Waals surface area contributed by atoms with Gasteiger partial charge in [-0.1, -0.05) is 31.4 Å². The number of nitrogens with one attached hydrogen (secondary N) is 2. The zero-order valence-electron chi connectivity index (χ0n) is 14.3. The molecule has 4 nitrogen and oxygen atoms in total. The predicted octanol–water partition coefficient (Wildman–Crippen LogP) is 3.35. The fourth-order valence-electron chi connectivity index (χ4n) is 3.72. The van der Waals surface area contributed by atoms with Crippen LogP contribution in [-0.2, 0) is 21.3 Å². The number of rotatable bonds is 6. The van der Waals surface area contributed by atoms with Crippen molar-refractivity contribution in [1.29, 1.82) is 0 Å². The first kappa shape index (κ1) is 17.6. The van der Waals surface area contributed by atoms with Crippen molar-refractivity contribution in [3.8, 4) is 0 Å². The van der Waals surface area contributed by atoms with E-state index in [2.05, 4.69) is 10.6 Å². The fourth-order valence-corrected chi connectivity index (χ4v) is 5.32. The molecule has 1 aliphatic heterocycles. The van der Waals surface area contributed by atoms with Crippen LogP contribution in [-0.4, -0.2) is 28.0 Å². The highest BCUT2D eigenvalue weighted by molar-refractivity contribution is 7.84. The van der Waals surface area contributed by atoms with Crippen molar-refractivity contribution in [2.75, 3.05) is 11.9 Å². The summed E-state index contributed by atoms with van der Waals surface area (Å²) in [6.45, 7) is 1.01. The van der Waals surface area contributed by atoms with Crippen LogP contribution in [0.5, 0.6) is 0 Å². The van der Waals surface area contributed by atoms with Crippen LogP contribution in [0.4, 0.5) is 5.69 Å². The molecule has 2 aliphatic rings. The third-order valence-electron chi connectivity index (χ3n) is 5.04. The number of carbonyl (C=O) groups excluding carboxylic acids is 1. The summed E-state index contributed by atoms with van der Waals surface area (Å²) in [7, 11) is -0.805. The lowest BCUT2D eigenvalue weighted by atomic mass is 10.0. The zero-order valence-corrected chi connectivity index (χ0v) is 15.1. The standard InChI is InChI=1S/C19H28N2O2S/c22-19(13-16-8-5-11-20-16)21-17-7-4-6-15(12-17)14-24(23)18-9-2-1-3-10-18/h4,6-7,12,16,18,20H,1-3,5,8-11,13-14H2,(H,21,22). The molecule has 2 unspecified atom stereocenters. The van der Waals surface area contributed by atoms with Crippen molar-refractivity contribution in [2.45, 2.75) is 68.4 Å². The third kappa shape index (κ3) is 5.15. The average Bonchev–Trinajstić information content (AvgIpc) is 3.08. The molecule has 1 amide bonds. The minimum absolute atomic E-state index is 0.0555. The van der Waals surface area contributed by atoms with Crippen molar-refractivity contribution in [3.63, 3.8) is 0 Å². The van der Waals surface area contributed by atoms with E-state index in [1.165, 1.54) is 19.3 Å². The summed E-state index contributed by atoms with van der Waals surface area (Å²) in [4.78, 5) is 12.1. The Balaban J connectivity index is 1.53. The molecule has 0 radical (unpaired) electrons. The topological polar surface area (TPSA) is 58.2 Å². The van der Waals surface area contributed by atoms with Gasteiger partial charge in [-0.05, 0) is 49.9 Å². The largest absolute Gasteiger partial charge is 0.326 e. The Labute approximate surface area is 147 Å². The van der Waals surface area contributed by atoms with Gasteiger partial charge in [-0.25, -0.2) is 0 Å². The summed E-state index contributed by atoms with van der Waals surface area (Å²) in [6.07, 6.45) is 8.65. The van der Waals surface area contributed by atoms with Crippen LogP contribution in [0.3, 0.4) is 0 Å². The molecule has 0 aromatic heterocycles. The molecule has 2 fully saturated rings. The van der Waals surface area contributed by atoms with Crippen molar-refractivity contribution < 1.29 is 9.00 Å². The molecule has 3 rings (SSSR count). The van der Waals surface area contributed by atoms with Gasteiger partial charge in [0.15, 0.2) is 0 Å². The third-order valence-corrected chi connectivity index (χ3v) is 6.87. The van der Waals surface area contributed by atoms with E-state index in [0.717, 1.165) is 43.5 Å². The number of hydrogen-bond donors (Lipinski definition) is 2. The van der Waals surface area contributed by atoms with Crippen LogP contribution in [0.2, 0.25) is 0 Å². The Bertz CT molecular complexity index is 578. The summed E-state index contributed by atoms with van der Waals surface area (Å²) < 4.78 is 12.5. The molecule has 0 bridgehead atoms. The second-order valence-electron chi connectivity index (χ2n) is 7.03. The van der Waals surface area contributed by atoms with E-state index < -0.39 is 10.8 Å². The SMILES string of the molecule is O=C(CC1CCCN1)Nc1cccc(CS(=O)C2CCCCC2)c1. The molecule has 0 spiro atoms. The average molecular weight is 349 g/mol. The minimum atomic E-state index is -0.805. The lowest BCUT2D eigenvalue weighted by molar-refractivity contribution is -0.116. The maximum atomic E-state index is 12.5. The van der Waals surface area contributed by atoms with Gasteiger partial charge in [0.05, 0.1) is 0 Å². The zero-order chi connectivity index (χ0) is 16.8. The first-order chi connectivity index (χ1) is 11.7. The lowest BCUT2D eigenvalue weighted by Crippen LogP contribution is -2.27. The van der Waals surface area contributed by atoms with E-state index in [1.807, 2.05) is 24.3 Å². The summed E-state index contributed by atoms with van der Waals surface area (Å²) in [5.74, 6) is 0.651. The molecule has 2 atom stereocenters. The van der Waals surface area contributed by atoms with Gasteiger partial charge in [-0.2, -0.15) is 0 Å². The van der Waals surface area contributed by atoms with Crippen LogP contribution in [0.15, 0.2) is 24.3 Å². The normalized spacial score (nSPS) is 23.1. The maximum absolute atomic E-state index is 12.5. The van der Waals surface area contributed by atoms with Gasteiger partial charge in [0.25, 0.3) is 0 Å². The monoisotopic (exact) mass is 348 g/mol. The Morgan fingerprint density at radius 3 is 2.75 bits per heavy atom. The van der Waals surface area contributed by atoms with Crippen LogP contribution in [0, 0.1) is 0 Å². The fraction of sp³-hybridized carbons (Fsp3) is 0.632. The van der Waals surface area contributed by atoms with Crippen molar-refractivity contribution in [1.82, 2.24) is 5.32 Å². The predicted molar refractivity (Wildman–Crippen MR) is 99.4 cm³/mol. The van der Waals surface area contributed by atoms with Gasteiger partial charge in [-0.15, -0.1) is 0 Å². The molecule has 24 heavy (non-hydrogen) atoms. The molecule has 2 N–H and O–H groups in total. The Morgan fingerprint density at radius 1 is 1.17 bits per heavy atom. The van der Waals surface area contributed by atoms with Crippen LogP contribution >= 0.6 is 0 Å². The summed E-state index contributed by atoms with van der Waals surface area (Å²) >= 11 is 0. The molecule has 5 heteroatoms. The van der Waals surface area contributed by atoms with Gasteiger partial charge >= 0.3 is 0 Å². The smallest absolute Gasteiger partial charge is 0.225 e. The highest BCUT2D eigenvalue weighted by atomic mass is 32.2. The van der Waals surface area contributed by atoms with Gasteiger partial charge < -0.3 is 10.6 Å². The van der Waals surface area contributed by atoms with E-state index in [9.17, 15) is 9.00 Å². The van der Waals surface area contributed by atoms with Crippen LogP contribution in [0.1, 0.15) is 56.9 Å². The molecule has 1 aliphatic carbocycles. The van der Waals surface area contributed by atoms with Crippen LogP contribution < -0.4 is 10.6 Å². The summed E-state index contributed by atoms with van der Waals surface area (Å²) in [6, 6.07) is 8.14. The van der Waals surface area contributed by atoms with Crippen molar-refractivity contribution >= 4 is 22.4 Å². The molecular weight excluding hydrogens is 320 g/mol. The Hall–Kier alpha value is -1.20. The highest BCUT2D eigenvalue weighted by Crippen LogP contribution is 2.24. The molecular formula is C19H28N2O2S. The van der Waals surface area contributed by atoms with E-state index in [0.29, 0.717) is 23.5 Å². The highest BCUT2D eigenvalue weighted by Gasteiger charge is 2.20. The van der Waals surface area contributed by atoms with Gasteiger partial charge in [0, 0.05) is 40.0 Å². The number of carbonyl (C=O) groups is 1. The number of hydrogen-bond acceptors (Lipinski definition) is 3. The van der Waals surface area contributed by atoms with Gasteiger partial charge in [0.1, 0.15) is 0 Å². The summed E-state index contributed by atoms with van der Waals surface area (Å²) in [5.41, 5.74) is 1.87. The molecule has 132 valence electrons. The number of amides is 1. The van der Waals surface area contributed by atoms with Crippen LogP contribution in [0.25, 0.3) is 0 Å². The Kier molecular flexibility index (Phi) is 6.44. The lowest BCUT2D eigenvalue weighted by Gasteiger charge is -2.21. The van der Waals surface area contributed by atoms with E-state index >= 15 is 0 Å². The molecule has 1 heterocycles. The van der Waals surface area contributed by atoms with E-state index in [-0.39, 0.29) is 5.91 Å². The molecule has 1 saturated carbocycles. The van der Waals surface area contributed by atoms with Gasteiger partial charge in [-0.3, -0.25) is 9.00 Å². The van der Waals surface area contributed by atoms with Crippen molar-refractivity contribution in [2.24, 2.45) is 0 Å². The van der Waals surface area contributed by atoms with E-state index in [4.69, 9.17) is 0 Å². The molecule has 1 saturated heterocycles. The first-order valence-corrected chi connectivity index (χ1v) is 10.6. The minimum Gasteiger partial charge on any atom is -0.326 e. The number of anilines is 1.